The molecule has 0 amide bonds. The fraction of sp³-hybridized carbons (Fsp3) is 0.889. The predicted molar refractivity (Wildman–Crippen MR) is 118 cm³/mol. The molecule has 5 heteroatoms. The molecule has 0 spiro atoms. The highest BCUT2D eigenvalue weighted by Crippen LogP contribution is 2.72. The molecule has 0 aromatic carbocycles. The van der Waals surface area contributed by atoms with Crippen molar-refractivity contribution >= 4 is 5.78 Å². The Labute approximate surface area is 191 Å². The van der Waals surface area contributed by atoms with E-state index in [2.05, 4.69) is 34.6 Å². The molecule has 7 aliphatic rings. The molecule has 3 saturated carbocycles. The lowest BCUT2D eigenvalue weighted by atomic mass is 9.46. The van der Waals surface area contributed by atoms with Crippen LogP contribution < -0.4 is 0 Å². The second-order valence-corrected chi connectivity index (χ2v) is 13.3. The zero-order valence-electron chi connectivity index (χ0n) is 20.1. The maximum absolute atomic E-state index is 12.4. The van der Waals surface area contributed by atoms with Gasteiger partial charge in [-0.25, -0.2) is 0 Å². The highest BCUT2D eigenvalue weighted by molar-refractivity contribution is 5.98. The van der Waals surface area contributed by atoms with E-state index in [0.717, 1.165) is 13.2 Å². The van der Waals surface area contributed by atoms with Gasteiger partial charge in [-0.3, -0.25) is 4.79 Å². The molecule has 0 radical (unpaired) electrons. The van der Waals surface area contributed by atoms with Crippen molar-refractivity contribution in [2.75, 3.05) is 13.2 Å². The van der Waals surface area contributed by atoms with Gasteiger partial charge in [0, 0.05) is 16.7 Å². The molecule has 0 N–H and O–H groups in total. The number of hydrogen-bond donors (Lipinski definition) is 0. The van der Waals surface area contributed by atoms with Gasteiger partial charge in [0.05, 0.1) is 19.3 Å². The average molecular weight is 443 g/mol. The van der Waals surface area contributed by atoms with Gasteiger partial charge in [0.15, 0.2) is 12.1 Å². The molecule has 5 nitrogen and oxygen atoms in total. The smallest absolute Gasteiger partial charge is 0.187 e. The van der Waals surface area contributed by atoms with E-state index in [9.17, 15) is 4.79 Å². The maximum Gasteiger partial charge on any atom is 0.187 e. The zero-order valence-corrected chi connectivity index (χ0v) is 20.1. The fourth-order valence-electron chi connectivity index (χ4n) is 9.28. The number of rotatable bonds is 2. The lowest BCUT2D eigenvalue weighted by molar-refractivity contribution is -0.253. The van der Waals surface area contributed by atoms with Crippen LogP contribution in [0.25, 0.3) is 0 Å². The van der Waals surface area contributed by atoms with E-state index in [0.29, 0.717) is 41.1 Å². The summed E-state index contributed by atoms with van der Waals surface area (Å²) in [5.41, 5.74) is 1.66. The number of hydrogen-bond acceptors (Lipinski definition) is 5. The Bertz CT molecular complexity index is 884. The van der Waals surface area contributed by atoms with Crippen LogP contribution in [0.2, 0.25) is 0 Å². The van der Waals surface area contributed by atoms with E-state index in [1.54, 1.807) is 0 Å². The highest BCUT2D eigenvalue weighted by Gasteiger charge is 2.75. The molecule has 11 atom stereocenters. The standard InChI is InChI=1S/C27H38O5/c1-13(24-29-11-25(2,3)12-30-24)14-6-7-15-19-16(8-9-26(14,15)4)27(5)17(20-22(19)31-20)10-18(28)21-23(27)32-21/h10,13-16,19-24H,6-9,11-12H2,1-5H3/t13?,14-,15+,16+,19+,20-,21+,22+,23+,26-,27-/m1/s1. The number of epoxide rings is 2. The van der Waals surface area contributed by atoms with Crippen molar-refractivity contribution < 1.29 is 23.7 Å². The molecule has 6 fully saturated rings. The first-order chi connectivity index (χ1) is 15.1. The van der Waals surface area contributed by atoms with Gasteiger partial charge in [0.2, 0.25) is 0 Å². The van der Waals surface area contributed by atoms with Crippen molar-refractivity contribution in [3.8, 4) is 0 Å². The molecule has 176 valence electrons. The minimum Gasteiger partial charge on any atom is -0.364 e. The van der Waals surface area contributed by atoms with Crippen LogP contribution in [0.5, 0.6) is 0 Å². The second-order valence-electron chi connectivity index (χ2n) is 13.3. The van der Waals surface area contributed by atoms with Crippen molar-refractivity contribution in [2.24, 2.45) is 45.8 Å². The summed E-state index contributed by atoms with van der Waals surface area (Å²) in [6.45, 7) is 13.3. The summed E-state index contributed by atoms with van der Waals surface area (Å²) in [4.78, 5) is 12.4. The van der Waals surface area contributed by atoms with E-state index < -0.39 is 0 Å². The van der Waals surface area contributed by atoms with Crippen molar-refractivity contribution in [1.82, 2.24) is 0 Å². The average Bonchev–Trinajstić information content (AvgIpc) is 3.64. The van der Waals surface area contributed by atoms with Crippen molar-refractivity contribution in [1.29, 1.82) is 0 Å². The number of carbonyl (C=O) groups is 1. The summed E-state index contributed by atoms with van der Waals surface area (Å²) in [7, 11) is 0. The molecule has 7 rings (SSSR count). The van der Waals surface area contributed by atoms with Crippen LogP contribution in [-0.2, 0) is 23.7 Å². The zero-order chi connectivity index (χ0) is 22.2. The molecular weight excluding hydrogens is 404 g/mol. The minimum absolute atomic E-state index is 0.0207. The van der Waals surface area contributed by atoms with Crippen LogP contribution in [0.4, 0.5) is 0 Å². The lowest BCUT2D eigenvalue weighted by Gasteiger charge is -2.56. The van der Waals surface area contributed by atoms with Gasteiger partial charge < -0.3 is 18.9 Å². The Hall–Kier alpha value is -0.750. The Morgan fingerprint density at radius 3 is 2.47 bits per heavy atom. The van der Waals surface area contributed by atoms with Gasteiger partial charge in [-0.1, -0.05) is 34.6 Å². The first kappa shape index (κ1) is 20.6. The topological polar surface area (TPSA) is 60.6 Å². The van der Waals surface area contributed by atoms with Crippen LogP contribution >= 0.6 is 0 Å². The second kappa shape index (κ2) is 6.27. The molecule has 0 aromatic rings. The Morgan fingerprint density at radius 2 is 1.72 bits per heavy atom. The lowest BCUT2D eigenvalue weighted by Crippen LogP contribution is -2.56. The van der Waals surface area contributed by atoms with Crippen molar-refractivity contribution in [3.05, 3.63) is 11.6 Å². The summed E-state index contributed by atoms with van der Waals surface area (Å²) in [6.07, 6.45) is 7.19. The van der Waals surface area contributed by atoms with Crippen LogP contribution in [-0.4, -0.2) is 49.7 Å². The van der Waals surface area contributed by atoms with Crippen LogP contribution in [0.15, 0.2) is 11.6 Å². The van der Waals surface area contributed by atoms with Crippen molar-refractivity contribution in [2.45, 2.75) is 91.0 Å². The normalized spacial score (nSPS) is 56.2. The Morgan fingerprint density at radius 1 is 0.969 bits per heavy atom. The van der Waals surface area contributed by atoms with Crippen molar-refractivity contribution in [3.63, 3.8) is 0 Å². The number of ether oxygens (including phenoxy) is 4. The summed E-state index contributed by atoms with van der Waals surface area (Å²) in [5.74, 6) is 3.03. The molecule has 0 bridgehead atoms. The number of fused-ring (bicyclic) bond motifs is 10. The first-order valence-electron chi connectivity index (χ1n) is 13.0. The van der Waals surface area contributed by atoms with E-state index in [1.165, 1.54) is 31.3 Å². The van der Waals surface area contributed by atoms with Crippen LogP contribution in [0, 0.1) is 45.8 Å². The quantitative estimate of drug-likeness (QED) is 0.602. The van der Waals surface area contributed by atoms with Crippen LogP contribution in [0.1, 0.15) is 60.3 Å². The van der Waals surface area contributed by atoms with E-state index in [4.69, 9.17) is 18.9 Å². The van der Waals surface area contributed by atoms with Gasteiger partial charge >= 0.3 is 0 Å². The van der Waals surface area contributed by atoms with Gasteiger partial charge in [0.25, 0.3) is 0 Å². The summed E-state index contributed by atoms with van der Waals surface area (Å²) < 4.78 is 24.8. The molecule has 1 unspecified atom stereocenters. The summed E-state index contributed by atoms with van der Waals surface area (Å²) >= 11 is 0. The number of ketones is 1. The fourth-order valence-corrected chi connectivity index (χ4v) is 9.28. The molecule has 3 heterocycles. The largest absolute Gasteiger partial charge is 0.364 e. The maximum atomic E-state index is 12.4. The van der Waals surface area contributed by atoms with Gasteiger partial charge in [-0.15, -0.1) is 0 Å². The van der Waals surface area contributed by atoms with Crippen LogP contribution in [0.3, 0.4) is 0 Å². The van der Waals surface area contributed by atoms with Gasteiger partial charge in [-0.2, -0.15) is 0 Å². The third-order valence-electron chi connectivity index (χ3n) is 11.0. The Kier molecular flexibility index (Phi) is 4.04. The van der Waals surface area contributed by atoms with E-state index in [1.807, 2.05) is 6.08 Å². The van der Waals surface area contributed by atoms with Gasteiger partial charge in [-0.05, 0) is 66.4 Å². The molecule has 4 aliphatic carbocycles. The molecular formula is C27H38O5. The van der Waals surface area contributed by atoms with E-state index in [-0.39, 0.29) is 41.2 Å². The number of carbonyl (C=O) groups excluding carboxylic acids is 1. The summed E-state index contributed by atoms with van der Waals surface area (Å²) in [5, 5.41) is 0. The highest BCUT2D eigenvalue weighted by atomic mass is 16.7. The SMILES string of the molecule is CC(C1OCC(C)(C)CO1)[C@H]1CC[C@H]2[C@@H]3[C@@H]4O[C@@H]4C4=CC(=O)[C@@H]5O[C@@H]5[C@]4(C)[C@H]3CC[C@]12C. The third kappa shape index (κ3) is 2.52. The van der Waals surface area contributed by atoms with E-state index >= 15 is 0 Å². The molecule has 32 heavy (non-hydrogen) atoms. The van der Waals surface area contributed by atoms with Gasteiger partial charge in [0.1, 0.15) is 18.3 Å². The third-order valence-corrected chi connectivity index (χ3v) is 11.0. The molecule has 3 saturated heterocycles. The molecule has 3 aliphatic heterocycles. The molecule has 0 aromatic heterocycles. The predicted octanol–water partition coefficient (Wildman–Crippen LogP) is 4.14. The summed E-state index contributed by atoms with van der Waals surface area (Å²) in [6, 6.07) is 0. The minimum atomic E-state index is -0.186. The Balaban J connectivity index is 1.17. The monoisotopic (exact) mass is 442 g/mol. The first-order valence-corrected chi connectivity index (χ1v) is 13.0.